The summed E-state index contributed by atoms with van der Waals surface area (Å²) in [6.45, 7) is 1.41. The van der Waals surface area contributed by atoms with Crippen LogP contribution in [-0.2, 0) is 0 Å². The second-order valence-corrected chi connectivity index (χ2v) is 12.8. The summed E-state index contributed by atoms with van der Waals surface area (Å²) >= 11 is 0. The molecule has 0 aliphatic heterocycles. The van der Waals surface area contributed by atoms with Gasteiger partial charge < -0.3 is 4.57 Å². The molecule has 0 aliphatic carbocycles. The molecule has 0 atom stereocenters. The SMILES string of the molecule is [2H]c1c([2H])c(-n2c3c([2H])c([2H])c([2H])c([2H])c3c3c4c5c([2H])c([2H])c([2H])c([2H])c5n(-c5nc(-c6ccc7ccccc7c6)c6cc(-c7ccccc7)ccc6n5)c4c([2H])c([2H])c32)c([2H])c([2H])c1C. The third-order valence-corrected chi connectivity index (χ3v) is 9.73. The van der Waals surface area contributed by atoms with Crippen LogP contribution < -0.4 is 0 Å². The van der Waals surface area contributed by atoms with Gasteiger partial charge in [0.2, 0.25) is 5.95 Å². The summed E-state index contributed by atoms with van der Waals surface area (Å²) in [7, 11) is 0. The van der Waals surface area contributed by atoms with E-state index in [-0.39, 0.29) is 55.1 Å². The Bertz CT molecular complexity index is 4020. The van der Waals surface area contributed by atoms with Gasteiger partial charge in [0.05, 0.1) is 52.5 Å². The van der Waals surface area contributed by atoms with Gasteiger partial charge in [0.1, 0.15) is 0 Å². The first-order valence-corrected chi connectivity index (χ1v) is 17.0. The van der Waals surface area contributed by atoms with Crippen molar-refractivity contribution in [2.75, 3.05) is 0 Å². The van der Waals surface area contributed by atoms with E-state index in [4.69, 9.17) is 20.9 Å². The lowest BCUT2D eigenvalue weighted by Gasteiger charge is -2.13. The molecule has 0 saturated carbocycles. The Morgan fingerprint density at radius 2 is 1.11 bits per heavy atom. The number of hydrogen-bond acceptors (Lipinski definition) is 2. The van der Waals surface area contributed by atoms with Crippen LogP contribution >= 0.6 is 0 Å². The molecule has 0 N–H and O–H groups in total. The summed E-state index contributed by atoms with van der Waals surface area (Å²) in [6.07, 6.45) is 0. The number of hydrogen-bond donors (Lipinski definition) is 0. The van der Waals surface area contributed by atoms with Crippen LogP contribution in [0.4, 0.5) is 0 Å². The maximum atomic E-state index is 9.86. The van der Waals surface area contributed by atoms with Gasteiger partial charge in [-0.1, -0.05) is 127 Å². The number of fused-ring (bicyclic) bond motifs is 9. The molecule has 0 aliphatic rings. The van der Waals surface area contributed by atoms with Crippen LogP contribution in [0.15, 0.2) is 176 Å². The Morgan fingerprint density at radius 3 is 1.87 bits per heavy atom. The molecule has 0 unspecified atom stereocenters. The van der Waals surface area contributed by atoms with Crippen molar-refractivity contribution in [1.29, 1.82) is 0 Å². The second-order valence-electron chi connectivity index (χ2n) is 12.8. The number of para-hydroxylation sites is 2. The highest BCUT2D eigenvalue weighted by Crippen LogP contribution is 2.42. The second kappa shape index (κ2) is 11.5. The molecule has 4 heteroatoms. The minimum absolute atomic E-state index is 0.0184. The minimum Gasteiger partial charge on any atom is -0.309 e. The number of benzene rings is 8. The normalized spacial score (nSPS) is 15.6. The van der Waals surface area contributed by atoms with Crippen molar-refractivity contribution in [1.82, 2.24) is 19.1 Å². The fourth-order valence-corrected chi connectivity index (χ4v) is 7.32. The standard InChI is InChI=1S/C49H32N4/c1-31-19-24-37(25-20-31)52-42-17-9-7-15-38(42)46-44(52)27-28-45-47(46)39-16-8-10-18-43(39)53(45)49-50-41-26-23-35(32-11-3-2-4-12-32)30-40(41)48(51-49)36-22-21-33-13-5-6-14-34(33)29-36/h2-30H,1H3/i7D,8D,9D,10D,15D,16D,17D,18D,19D,20D,24D,25D,27D,28D. The molecule has 0 saturated heterocycles. The fourth-order valence-electron chi connectivity index (χ4n) is 7.32. The van der Waals surface area contributed by atoms with E-state index in [2.05, 4.69) is 0 Å². The predicted octanol–water partition coefficient (Wildman–Crippen LogP) is 12.6. The molecule has 8 aromatic carbocycles. The van der Waals surface area contributed by atoms with Crippen LogP contribution in [0.2, 0.25) is 0 Å². The molecule has 0 radical (unpaired) electrons. The quantitative estimate of drug-likeness (QED) is 0.184. The van der Waals surface area contributed by atoms with Crippen molar-refractivity contribution in [2.24, 2.45) is 0 Å². The van der Waals surface area contributed by atoms with E-state index in [0.29, 0.717) is 22.2 Å². The number of nitrogens with zero attached hydrogens (tertiary/aromatic N) is 4. The monoisotopic (exact) mass is 690 g/mol. The Hall–Kier alpha value is -7.04. The van der Waals surface area contributed by atoms with E-state index in [1.165, 1.54) is 11.5 Å². The van der Waals surface area contributed by atoms with Crippen LogP contribution in [0.5, 0.6) is 0 Å². The van der Waals surface area contributed by atoms with E-state index in [1.54, 1.807) is 0 Å². The summed E-state index contributed by atoms with van der Waals surface area (Å²) in [4.78, 5) is 10.2. The van der Waals surface area contributed by atoms with Gasteiger partial charge in [-0.15, -0.1) is 0 Å². The predicted molar refractivity (Wildman–Crippen MR) is 221 cm³/mol. The summed E-state index contributed by atoms with van der Waals surface area (Å²) in [5, 5.41) is 1.93. The first kappa shape index (κ1) is 19.0. The van der Waals surface area contributed by atoms with Crippen LogP contribution in [0.3, 0.4) is 0 Å². The fraction of sp³-hybridized carbons (Fsp3) is 0.0204. The topological polar surface area (TPSA) is 35.6 Å². The van der Waals surface area contributed by atoms with E-state index in [1.807, 2.05) is 91.0 Å². The van der Waals surface area contributed by atoms with Crippen LogP contribution in [-0.4, -0.2) is 19.1 Å². The average Bonchev–Trinajstić information content (AvgIpc) is 3.89. The maximum absolute atomic E-state index is 9.86. The Labute approximate surface area is 325 Å². The van der Waals surface area contributed by atoms with Gasteiger partial charge in [0, 0.05) is 38.2 Å². The summed E-state index contributed by atoms with van der Waals surface area (Å²) in [5.74, 6) is -0.121. The van der Waals surface area contributed by atoms with Gasteiger partial charge in [-0.3, -0.25) is 4.57 Å². The molecule has 3 heterocycles. The lowest BCUT2D eigenvalue weighted by atomic mass is 9.99. The Balaban J connectivity index is 1.38. The molecule has 0 spiro atoms. The van der Waals surface area contributed by atoms with Gasteiger partial charge in [-0.2, -0.15) is 0 Å². The molecular formula is C49H32N4. The zero-order valence-corrected chi connectivity index (χ0v) is 27.9. The van der Waals surface area contributed by atoms with Gasteiger partial charge in [-0.25, -0.2) is 9.97 Å². The Morgan fingerprint density at radius 1 is 0.472 bits per heavy atom. The van der Waals surface area contributed by atoms with Crippen molar-refractivity contribution in [2.45, 2.75) is 6.92 Å². The van der Waals surface area contributed by atoms with Crippen molar-refractivity contribution in [3.63, 3.8) is 0 Å². The van der Waals surface area contributed by atoms with Gasteiger partial charge in [0.15, 0.2) is 0 Å². The van der Waals surface area contributed by atoms with Crippen LogP contribution in [0.1, 0.15) is 24.8 Å². The zero-order chi connectivity index (χ0) is 47.2. The van der Waals surface area contributed by atoms with E-state index in [9.17, 15) is 8.22 Å². The van der Waals surface area contributed by atoms with Gasteiger partial charge >= 0.3 is 0 Å². The Kier molecular flexibility index (Phi) is 4.11. The molecule has 11 rings (SSSR count). The van der Waals surface area contributed by atoms with Crippen molar-refractivity contribution in [3.8, 4) is 34.0 Å². The minimum atomic E-state index is -0.691. The molecule has 11 aromatic rings. The van der Waals surface area contributed by atoms with Gasteiger partial charge in [0.25, 0.3) is 0 Å². The average molecular weight is 691 g/mol. The highest BCUT2D eigenvalue weighted by molar-refractivity contribution is 6.28. The molecule has 53 heavy (non-hydrogen) atoms. The summed E-state index contributed by atoms with van der Waals surface area (Å²) < 4.78 is 131. The third kappa shape index (κ3) is 4.56. The lowest BCUT2D eigenvalue weighted by Crippen LogP contribution is -2.03. The lowest BCUT2D eigenvalue weighted by molar-refractivity contribution is 1.01. The van der Waals surface area contributed by atoms with Crippen molar-refractivity contribution < 1.29 is 19.2 Å². The molecular weight excluding hydrogens is 645 g/mol. The van der Waals surface area contributed by atoms with Crippen LogP contribution in [0, 0.1) is 6.92 Å². The molecule has 0 bridgehead atoms. The first-order valence-electron chi connectivity index (χ1n) is 24.0. The largest absolute Gasteiger partial charge is 0.309 e. The highest BCUT2D eigenvalue weighted by Gasteiger charge is 2.22. The zero-order valence-electron chi connectivity index (χ0n) is 41.9. The maximum Gasteiger partial charge on any atom is 0.235 e. The molecule has 0 fully saturated rings. The summed E-state index contributed by atoms with van der Waals surface area (Å²) in [5.41, 5.74) is 2.03. The van der Waals surface area contributed by atoms with Crippen molar-refractivity contribution in [3.05, 3.63) is 181 Å². The molecule has 248 valence electrons. The van der Waals surface area contributed by atoms with Crippen molar-refractivity contribution >= 4 is 65.3 Å². The highest BCUT2D eigenvalue weighted by atomic mass is 15.2. The van der Waals surface area contributed by atoms with Crippen LogP contribution in [0.25, 0.3) is 99.3 Å². The smallest absolute Gasteiger partial charge is 0.235 e. The molecule has 3 aromatic heterocycles. The molecule has 0 amide bonds. The number of rotatable bonds is 4. The van der Waals surface area contributed by atoms with E-state index < -0.39 is 90.3 Å². The van der Waals surface area contributed by atoms with E-state index >= 15 is 0 Å². The van der Waals surface area contributed by atoms with Gasteiger partial charge in [-0.05, 0) is 83.3 Å². The first-order chi connectivity index (χ1) is 32.0. The molecule has 4 nitrogen and oxygen atoms in total. The third-order valence-electron chi connectivity index (χ3n) is 9.73. The van der Waals surface area contributed by atoms with E-state index in [0.717, 1.165) is 26.5 Å². The number of aromatic nitrogens is 4. The summed E-state index contributed by atoms with van der Waals surface area (Å²) in [6, 6.07) is 21.0.